The summed E-state index contributed by atoms with van der Waals surface area (Å²) in [4.78, 5) is 18.5. The van der Waals surface area contributed by atoms with Crippen molar-refractivity contribution in [2.24, 2.45) is 0 Å². The Morgan fingerprint density at radius 3 is 2.60 bits per heavy atom. The van der Waals surface area contributed by atoms with Crippen LogP contribution in [-0.4, -0.2) is 24.3 Å². The highest BCUT2D eigenvalue weighted by atomic mass is 32.2. The smallest absolute Gasteiger partial charge is 0.261 e. The molecule has 4 rings (SSSR count). The number of fused-ring (bicyclic) bond motifs is 1. The number of hydrogen-bond acceptors (Lipinski definition) is 4. The van der Waals surface area contributed by atoms with Crippen LogP contribution in [0.1, 0.15) is 5.56 Å². The Balaban J connectivity index is 1.57. The lowest BCUT2D eigenvalue weighted by atomic mass is 10.1. The molecule has 1 aromatic heterocycles. The third-order valence-electron chi connectivity index (χ3n) is 3.96. The van der Waals surface area contributed by atoms with Gasteiger partial charge in [0.1, 0.15) is 0 Å². The Labute approximate surface area is 144 Å². The number of aromatic amines is 1. The van der Waals surface area contributed by atoms with Crippen LogP contribution in [0.2, 0.25) is 0 Å². The van der Waals surface area contributed by atoms with E-state index in [1.165, 1.54) is 12.1 Å². The zero-order valence-electron chi connectivity index (χ0n) is 13.0. The summed E-state index contributed by atoms with van der Waals surface area (Å²) < 4.78 is 27.7. The largest absolute Gasteiger partial charge is 0.345 e. The number of rotatable bonds is 4. The van der Waals surface area contributed by atoms with Crippen LogP contribution in [-0.2, 0) is 21.2 Å². The molecule has 0 unspecified atom stereocenters. The van der Waals surface area contributed by atoms with Gasteiger partial charge in [0, 0.05) is 11.4 Å². The Morgan fingerprint density at radius 2 is 1.88 bits per heavy atom. The topological polar surface area (TPSA) is 104 Å². The van der Waals surface area contributed by atoms with Gasteiger partial charge in [-0.15, -0.1) is 0 Å². The Morgan fingerprint density at radius 1 is 1.08 bits per heavy atom. The molecule has 0 atom stereocenters. The maximum atomic E-state index is 12.6. The number of anilines is 2. The fourth-order valence-corrected chi connectivity index (χ4v) is 3.83. The lowest BCUT2D eigenvalue weighted by molar-refractivity contribution is -0.115. The van der Waals surface area contributed by atoms with Crippen molar-refractivity contribution < 1.29 is 13.2 Å². The molecule has 2 heterocycles. The van der Waals surface area contributed by atoms with Gasteiger partial charge < -0.3 is 10.3 Å². The van der Waals surface area contributed by atoms with E-state index in [2.05, 4.69) is 20.0 Å². The normalized spacial score (nSPS) is 13.4. The van der Waals surface area contributed by atoms with E-state index in [1.807, 2.05) is 0 Å². The fourth-order valence-electron chi connectivity index (χ4n) is 2.72. The number of amides is 1. The number of nitrogens with one attached hydrogen (secondary N) is 3. The van der Waals surface area contributed by atoms with Crippen molar-refractivity contribution in [1.29, 1.82) is 0 Å². The molecule has 1 aliphatic rings. The van der Waals surface area contributed by atoms with Crippen molar-refractivity contribution in [2.75, 3.05) is 10.0 Å². The molecule has 0 fully saturated rings. The molecule has 8 heteroatoms. The Kier molecular flexibility index (Phi) is 3.54. The average molecular weight is 354 g/mol. The molecule has 2 aromatic carbocycles. The number of imidazole rings is 1. The minimum absolute atomic E-state index is 0.125. The molecule has 0 spiro atoms. The first kappa shape index (κ1) is 15.4. The molecular weight excluding hydrogens is 340 g/mol. The number of benzene rings is 2. The summed E-state index contributed by atoms with van der Waals surface area (Å²) >= 11 is 0. The number of aromatic nitrogens is 2. The first-order valence-corrected chi connectivity index (χ1v) is 9.04. The molecule has 7 nitrogen and oxygen atoms in total. The highest BCUT2D eigenvalue weighted by molar-refractivity contribution is 7.92. The Hall–Kier alpha value is -3.13. The molecular formula is C17H14N4O3S. The third-order valence-corrected chi connectivity index (χ3v) is 5.34. The Bertz CT molecular complexity index is 1040. The summed E-state index contributed by atoms with van der Waals surface area (Å²) in [6, 6.07) is 11.6. The molecule has 0 bridgehead atoms. The number of carbonyl (C=O) groups excluding carboxylic acids is 1. The highest BCUT2D eigenvalue weighted by Gasteiger charge is 2.21. The van der Waals surface area contributed by atoms with Crippen LogP contribution >= 0.6 is 0 Å². The van der Waals surface area contributed by atoms with Crippen molar-refractivity contribution in [3.05, 3.63) is 60.6 Å². The minimum Gasteiger partial charge on any atom is -0.345 e. The van der Waals surface area contributed by atoms with Crippen molar-refractivity contribution in [1.82, 2.24) is 9.97 Å². The molecule has 25 heavy (non-hydrogen) atoms. The molecule has 0 saturated carbocycles. The molecule has 1 amide bonds. The van der Waals surface area contributed by atoms with Gasteiger partial charge in [0.05, 0.1) is 29.5 Å². The van der Waals surface area contributed by atoms with Crippen LogP contribution in [0, 0.1) is 0 Å². The van der Waals surface area contributed by atoms with Gasteiger partial charge in [-0.1, -0.05) is 12.1 Å². The van der Waals surface area contributed by atoms with Gasteiger partial charge in [-0.2, -0.15) is 0 Å². The summed E-state index contributed by atoms with van der Waals surface area (Å²) in [6.45, 7) is 0. The van der Waals surface area contributed by atoms with Crippen LogP contribution < -0.4 is 10.0 Å². The minimum atomic E-state index is -3.73. The number of hydrogen-bond donors (Lipinski definition) is 3. The van der Waals surface area contributed by atoms with Gasteiger partial charge in [-0.25, -0.2) is 13.4 Å². The fraction of sp³-hybridized carbons (Fsp3) is 0.0588. The molecule has 3 N–H and O–H groups in total. The van der Waals surface area contributed by atoms with Crippen molar-refractivity contribution >= 4 is 27.3 Å². The van der Waals surface area contributed by atoms with E-state index in [1.54, 1.807) is 42.9 Å². The van der Waals surface area contributed by atoms with Crippen LogP contribution in [0.25, 0.3) is 11.3 Å². The molecule has 1 aliphatic heterocycles. The lowest BCUT2D eigenvalue weighted by Gasteiger charge is -2.10. The lowest BCUT2D eigenvalue weighted by Crippen LogP contribution is -2.13. The van der Waals surface area contributed by atoms with Crippen molar-refractivity contribution in [3.8, 4) is 11.3 Å². The standard InChI is InChI=1S/C17H14N4O3S/c22-17-8-12-7-14(5-6-15(12)20-17)25(23,24)21-13-3-1-11(2-4-13)16-9-18-10-19-16/h1-7,9-10,21H,8H2,(H,18,19)(H,20,22). The zero-order valence-corrected chi connectivity index (χ0v) is 13.8. The summed E-state index contributed by atoms with van der Waals surface area (Å²) in [5.74, 6) is -0.132. The van der Waals surface area contributed by atoms with Crippen LogP contribution in [0.5, 0.6) is 0 Å². The number of H-pyrrole nitrogens is 1. The van der Waals surface area contributed by atoms with Crippen molar-refractivity contribution in [3.63, 3.8) is 0 Å². The zero-order chi connectivity index (χ0) is 17.4. The average Bonchev–Trinajstić information content (AvgIpc) is 3.22. The van der Waals surface area contributed by atoms with E-state index < -0.39 is 10.0 Å². The van der Waals surface area contributed by atoms with Gasteiger partial charge in [0.15, 0.2) is 0 Å². The van der Waals surface area contributed by atoms with Gasteiger partial charge in [-0.3, -0.25) is 9.52 Å². The van der Waals surface area contributed by atoms with Crippen LogP contribution in [0.15, 0.2) is 59.9 Å². The monoisotopic (exact) mass is 354 g/mol. The van der Waals surface area contributed by atoms with E-state index in [0.29, 0.717) is 16.9 Å². The van der Waals surface area contributed by atoms with Crippen molar-refractivity contribution in [2.45, 2.75) is 11.3 Å². The second-order valence-corrected chi connectivity index (χ2v) is 7.37. The van der Waals surface area contributed by atoms with Gasteiger partial charge >= 0.3 is 0 Å². The first-order valence-electron chi connectivity index (χ1n) is 7.56. The summed E-state index contributed by atoms with van der Waals surface area (Å²) in [7, 11) is -3.73. The molecule has 0 aliphatic carbocycles. The van der Waals surface area contributed by atoms with E-state index in [-0.39, 0.29) is 17.2 Å². The summed E-state index contributed by atoms with van der Waals surface area (Å²) in [6.07, 6.45) is 3.47. The first-order chi connectivity index (χ1) is 12.0. The number of carbonyl (C=O) groups is 1. The maximum Gasteiger partial charge on any atom is 0.261 e. The molecule has 126 valence electrons. The second-order valence-electron chi connectivity index (χ2n) is 5.69. The second kappa shape index (κ2) is 5.75. The van der Waals surface area contributed by atoms with Gasteiger partial charge in [0.25, 0.3) is 10.0 Å². The van der Waals surface area contributed by atoms with Crippen LogP contribution in [0.3, 0.4) is 0 Å². The van der Waals surface area contributed by atoms with E-state index in [9.17, 15) is 13.2 Å². The SMILES string of the molecule is O=C1Cc2cc(S(=O)(=O)Nc3ccc(-c4cnc[nH]4)cc3)ccc2N1. The van der Waals surface area contributed by atoms with E-state index in [0.717, 1.165) is 11.3 Å². The van der Waals surface area contributed by atoms with Gasteiger partial charge in [-0.05, 0) is 41.5 Å². The van der Waals surface area contributed by atoms with Crippen LogP contribution in [0.4, 0.5) is 11.4 Å². The quantitative estimate of drug-likeness (QED) is 0.669. The predicted molar refractivity (Wildman–Crippen MR) is 93.6 cm³/mol. The predicted octanol–water partition coefficient (Wildman–Crippen LogP) is 2.37. The molecule has 0 radical (unpaired) electrons. The highest BCUT2D eigenvalue weighted by Crippen LogP contribution is 2.27. The number of nitrogens with zero attached hydrogens (tertiary/aromatic N) is 1. The summed E-state index contributed by atoms with van der Waals surface area (Å²) in [5.41, 5.74) is 3.56. The molecule has 3 aromatic rings. The number of sulfonamides is 1. The van der Waals surface area contributed by atoms with Gasteiger partial charge in [0.2, 0.25) is 5.91 Å². The summed E-state index contributed by atoms with van der Waals surface area (Å²) in [5, 5.41) is 2.68. The maximum absolute atomic E-state index is 12.6. The van der Waals surface area contributed by atoms with E-state index in [4.69, 9.17) is 0 Å². The van der Waals surface area contributed by atoms with E-state index >= 15 is 0 Å². The molecule has 0 saturated heterocycles. The third kappa shape index (κ3) is 2.99.